The fraction of sp³-hybridized carbons (Fsp3) is 0.118. The molecule has 4 heteroatoms. The first-order valence-electron chi connectivity index (χ1n) is 6.81. The SMILES string of the molecule is CCOc1ccccc1Oc1ccc(N)c2cnccc12. The van der Waals surface area contributed by atoms with E-state index >= 15 is 0 Å². The number of nitrogens with zero attached hydrogens (tertiary/aromatic N) is 1. The molecule has 21 heavy (non-hydrogen) atoms. The zero-order valence-electron chi connectivity index (χ0n) is 11.7. The second kappa shape index (κ2) is 5.71. The van der Waals surface area contributed by atoms with Crippen molar-refractivity contribution in [3.05, 3.63) is 54.9 Å². The van der Waals surface area contributed by atoms with Crippen LogP contribution in [0.1, 0.15) is 6.92 Å². The van der Waals surface area contributed by atoms with Crippen molar-refractivity contribution in [1.82, 2.24) is 4.98 Å². The van der Waals surface area contributed by atoms with E-state index in [9.17, 15) is 0 Å². The van der Waals surface area contributed by atoms with Gasteiger partial charge in [0, 0.05) is 28.9 Å². The number of anilines is 1. The number of rotatable bonds is 4. The lowest BCUT2D eigenvalue weighted by molar-refractivity contribution is 0.322. The molecule has 0 bridgehead atoms. The van der Waals surface area contributed by atoms with Crippen LogP contribution in [-0.2, 0) is 0 Å². The molecule has 106 valence electrons. The molecule has 0 fully saturated rings. The average Bonchev–Trinajstić information content (AvgIpc) is 2.52. The van der Waals surface area contributed by atoms with Crippen molar-refractivity contribution < 1.29 is 9.47 Å². The van der Waals surface area contributed by atoms with Gasteiger partial charge in [-0.3, -0.25) is 4.98 Å². The summed E-state index contributed by atoms with van der Waals surface area (Å²) in [5.74, 6) is 2.13. The molecule has 4 nitrogen and oxygen atoms in total. The molecular weight excluding hydrogens is 264 g/mol. The number of hydrogen-bond donors (Lipinski definition) is 1. The van der Waals surface area contributed by atoms with Gasteiger partial charge < -0.3 is 15.2 Å². The maximum absolute atomic E-state index is 6.02. The van der Waals surface area contributed by atoms with E-state index in [1.54, 1.807) is 12.4 Å². The number of pyridine rings is 1. The highest BCUT2D eigenvalue weighted by Crippen LogP contribution is 2.36. The summed E-state index contributed by atoms with van der Waals surface area (Å²) in [7, 11) is 0. The van der Waals surface area contributed by atoms with E-state index in [2.05, 4.69) is 4.98 Å². The average molecular weight is 280 g/mol. The standard InChI is InChI=1S/C17H16N2O2/c1-2-20-16-5-3-4-6-17(16)21-15-8-7-14(18)13-11-19-10-9-12(13)15/h3-11H,2,18H2,1H3. The lowest BCUT2D eigenvalue weighted by atomic mass is 10.1. The zero-order valence-corrected chi connectivity index (χ0v) is 11.7. The summed E-state index contributed by atoms with van der Waals surface area (Å²) in [5, 5.41) is 1.81. The zero-order chi connectivity index (χ0) is 14.7. The van der Waals surface area contributed by atoms with E-state index in [0.717, 1.165) is 22.3 Å². The highest BCUT2D eigenvalue weighted by atomic mass is 16.5. The van der Waals surface area contributed by atoms with Crippen molar-refractivity contribution in [2.75, 3.05) is 12.3 Å². The van der Waals surface area contributed by atoms with Crippen LogP contribution >= 0.6 is 0 Å². The van der Waals surface area contributed by atoms with Gasteiger partial charge in [-0.05, 0) is 37.3 Å². The second-order valence-corrected chi connectivity index (χ2v) is 4.56. The van der Waals surface area contributed by atoms with Crippen molar-refractivity contribution >= 4 is 16.5 Å². The van der Waals surface area contributed by atoms with Crippen molar-refractivity contribution in [1.29, 1.82) is 0 Å². The van der Waals surface area contributed by atoms with Crippen LogP contribution in [0, 0.1) is 0 Å². The Morgan fingerprint density at radius 3 is 2.57 bits per heavy atom. The molecule has 0 saturated heterocycles. The fourth-order valence-electron chi connectivity index (χ4n) is 2.20. The Labute approximate surface area is 123 Å². The molecular formula is C17H16N2O2. The molecule has 0 unspecified atom stereocenters. The quantitative estimate of drug-likeness (QED) is 0.734. The predicted octanol–water partition coefficient (Wildman–Crippen LogP) is 4.01. The molecule has 0 amide bonds. The molecule has 2 aromatic carbocycles. The molecule has 0 aliphatic heterocycles. The molecule has 3 rings (SSSR count). The van der Waals surface area contributed by atoms with E-state index in [1.165, 1.54) is 0 Å². The maximum atomic E-state index is 6.02. The maximum Gasteiger partial charge on any atom is 0.169 e. The minimum Gasteiger partial charge on any atom is -0.490 e. The Bertz CT molecular complexity index is 772. The first-order chi connectivity index (χ1) is 10.3. The summed E-state index contributed by atoms with van der Waals surface area (Å²) in [4.78, 5) is 4.11. The lowest BCUT2D eigenvalue weighted by Crippen LogP contribution is -1.96. The van der Waals surface area contributed by atoms with E-state index in [4.69, 9.17) is 15.2 Å². The highest BCUT2D eigenvalue weighted by molar-refractivity contribution is 5.96. The van der Waals surface area contributed by atoms with Gasteiger partial charge >= 0.3 is 0 Å². The molecule has 1 heterocycles. The molecule has 0 radical (unpaired) electrons. The smallest absolute Gasteiger partial charge is 0.169 e. The van der Waals surface area contributed by atoms with Crippen molar-refractivity contribution in [3.63, 3.8) is 0 Å². The minimum absolute atomic E-state index is 0.590. The van der Waals surface area contributed by atoms with Crippen molar-refractivity contribution in [2.24, 2.45) is 0 Å². The third kappa shape index (κ3) is 2.60. The molecule has 3 aromatic rings. The molecule has 0 aliphatic carbocycles. The number of aromatic nitrogens is 1. The summed E-state index contributed by atoms with van der Waals surface area (Å²) < 4.78 is 11.6. The summed E-state index contributed by atoms with van der Waals surface area (Å²) in [6.07, 6.45) is 3.47. The fourth-order valence-corrected chi connectivity index (χ4v) is 2.20. The number of ether oxygens (including phenoxy) is 2. The third-order valence-electron chi connectivity index (χ3n) is 3.18. The molecule has 0 aliphatic rings. The monoisotopic (exact) mass is 280 g/mol. The Hall–Kier alpha value is -2.75. The van der Waals surface area contributed by atoms with E-state index in [1.807, 2.05) is 49.4 Å². The Balaban J connectivity index is 2.05. The first-order valence-corrected chi connectivity index (χ1v) is 6.81. The third-order valence-corrected chi connectivity index (χ3v) is 3.18. The number of hydrogen-bond acceptors (Lipinski definition) is 4. The van der Waals surface area contributed by atoms with Crippen molar-refractivity contribution in [3.8, 4) is 17.2 Å². The van der Waals surface area contributed by atoms with E-state index < -0.39 is 0 Å². The number of benzene rings is 2. The van der Waals surface area contributed by atoms with Crippen LogP contribution in [0.3, 0.4) is 0 Å². The number of para-hydroxylation sites is 2. The van der Waals surface area contributed by atoms with Gasteiger partial charge in [0.2, 0.25) is 0 Å². The van der Waals surface area contributed by atoms with E-state index in [-0.39, 0.29) is 0 Å². The first kappa shape index (κ1) is 13.2. The summed E-state index contributed by atoms with van der Waals surface area (Å²) in [6.45, 7) is 2.54. The predicted molar refractivity (Wildman–Crippen MR) is 83.8 cm³/mol. The topological polar surface area (TPSA) is 57.4 Å². The normalized spacial score (nSPS) is 10.5. The molecule has 2 N–H and O–H groups in total. The number of nitrogen functional groups attached to an aromatic ring is 1. The van der Waals surface area contributed by atoms with Crippen LogP contribution in [0.4, 0.5) is 5.69 Å². The van der Waals surface area contributed by atoms with Gasteiger partial charge in [-0.15, -0.1) is 0 Å². The van der Waals surface area contributed by atoms with E-state index in [0.29, 0.717) is 18.0 Å². The Morgan fingerprint density at radius 1 is 0.952 bits per heavy atom. The van der Waals surface area contributed by atoms with Gasteiger partial charge in [0.05, 0.1) is 6.61 Å². The van der Waals surface area contributed by atoms with Crippen molar-refractivity contribution in [2.45, 2.75) is 6.92 Å². The lowest BCUT2D eigenvalue weighted by Gasteiger charge is -2.13. The second-order valence-electron chi connectivity index (χ2n) is 4.56. The van der Waals surface area contributed by atoms with Gasteiger partial charge in [0.1, 0.15) is 5.75 Å². The summed E-state index contributed by atoms with van der Waals surface area (Å²) in [6, 6.07) is 13.2. The molecule has 1 aromatic heterocycles. The largest absolute Gasteiger partial charge is 0.490 e. The van der Waals surface area contributed by atoms with Gasteiger partial charge in [-0.25, -0.2) is 0 Å². The summed E-state index contributed by atoms with van der Waals surface area (Å²) in [5.41, 5.74) is 6.66. The molecule has 0 spiro atoms. The van der Waals surface area contributed by atoms with Crippen LogP contribution in [0.5, 0.6) is 17.2 Å². The van der Waals surface area contributed by atoms with Gasteiger partial charge in [-0.1, -0.05) is 12.1 Å². The highest BCUT2D eigenvalue weighted by Gasteiger charge is 2.09. The Kier molecular flexibility index (Phi) is 3.60. The molecule has 0 saturated carbocycles. The van der Waals surface area contributed by atoms with Crippen LogP contribution in [0.15, 0.2) is 54.9 Å². The van der Waals surface area contributed by atoms with Gasteiger partial charge in [-0.2, -0.15) is 0 Å². The van der Waals surface area contributed by atoms with Crippen LogP contribution in [0.2, 0.25) is 0 Å². The van der Waals surface area contributed by atoms with Gasteiger partial charge in [0.15, 0.2) is 11.5 Å². The van der Waals surface area contributed by atoms with Gasteiger partial charge in [0.25, 0.3) is 0 Å². The van der Waals surface area contributed by atoms with Crippen LogP contribution in [-0.4, -0.2) is 11.6 Å². The van der Waals surface area contributed by atoms with Crippen LogP contribution in [0.25, 0.3) is 10.8 Å². The van der Waals surface area contributed by atoms with Crippen LogP contribution < -0.4 is 15.2 Å². The minimum atomic E-state index is 0.590. The Morgan fingerprint density at radius 2 is 1.76 bits per heavy atom. The number of nitrogens with two attached hydrogens (primary N) is 1. The molecule has 0 atom stereocenters. The summed E-state index contributed by atoms with van der Waals surface area (Å²) >= 11 is 0. The number of fused-ring (bicyclic) bond motifs is 1.